The molecule has 4 heterocycles. The van der Waals surface area contributed by atoms with Gasteiger partial charge in [0.1, 0.15) is 11.0 Å². The van der Waals surface area contributed by atoms with Crippen molar-refractivity contribution in [3.05, 3.63) is 29.2 Å². The van der Waals surface area contributed by atoms with Gasteiger partial charge < -0.3 is 14.4 Å². The molecule has 2 aliphatic heterocycles. The predicted octanol–water partition coefficient (Wildman–Crippen LogP) is 3.61. The van der Waals surface area contributed by atoms with Crippen molar-refractivity contribution in [2.24, 2.45) is 5.92 Å². The first-order valence-corrected chi connectivity index (χ1v) is 8.91. The van der Waals surface area contributed by atoms with Crippen LogP contribution in [0.1, 0.15) is 31.9 Å². The third-order valence-corrected chi connectivity index (χ3v) is 5.27. The molecule has 0 amide bonds. The number of anilines is 1. The van der Waals surface area contributed by atoms with Crippen LogP contribution < -0.4 is 4.90 Å². The molecule has 0 spiro atoms. The summed E-state index contributed by atoms with van der Waals surface area (Å²) in [6, 6.07) is 2.45. The van der Waals surface area contributed by atoms with E-state index in [2.05, 4.69) is 23.7 Å². The highest BCUT2D eigenvalue weighted by atomic mass is 35.5. The topological polar surface area (TPSA) is 47.5 Å². The van der Waals surface area contributed by atoms with Gasteiger partial charge in [-0.15, -0.1) is 0 Å². The van der Waals surface area contributed by atoms with Crippen LogP contribution in [0.15, 0.2) is 18.5 Å². The van der Waals surface area contributed by atoms with E-state index in [1.165, 1.54) is 6.42 Å². The molecule has 2 atom stereocenters. The monoisotopic (exact) mass is 347 g/mol. The Morgan fingerprint density at radius 2 is 2.17 bits per heavy atom. The van der Waals surface area contributed by atoms with Crippen LogP contribution >= 0.6 is 11.6 Å². The molecule has 2 saturated heterocycles. The lowest BCUT2D eigenvalue weighted by Gasteiger charge is -2.40. The number of pyridine rings is 2. The van der Waals surface area contributed by atoms with Crippen LogP contribution in [-0.4, -0.2) is 42.4 Å². The quantitative estimate of drug-likeness (QED) is 0.773. The molecule has 6 heteroatoms. The Hall–Kier alpha value is -1.43. The van der Waals surface area contributed by atoms with Gasteiger partial charge in [-0.1, -0.05) is 11.6 Å². The van der Waals surface area contributed by atoms with Crippen molar-refractivity contribution in [3.63, 3.8) is 0 Å². The molecular formula is C18H22ClN3O2. The van der Waals surface area contributed by atoms with Crippen molar-refractivity contribution < 1.29 is 9.47 Å². The maximum absolute atomic E-state index is 6.16. The SMILES string of the molecule is CC(OCC1COC1)c1cnc(N2CCC2C)c2cnc(Cl)cc12. The van der Waals surface area contributed by atoms with Gasteiger partial charge in [0, 0.05) is 41.8 Å². The number of rotatable bonds is 5. The van der Waals surface area contributed by atoms with E-state index in [-0.39, 0.29) is 6.10 Å². The second-order valence-electron chi connectivity index (χ2n) is 6.80. The Morgan fingerprint density at radius 1 is 1.33 bits per heavy atom. The first-order valence-electron chi connectivity index (χ1n) is 8.53. The van der Waals surface area contributed by atoms with E-state index in [0.29, 0.717) is 23.7 Å². The standard InChI is InChI=1S/C18H22ClN3O2/c1-11-3-4-22(11)18-16-7-20-17(19)5-14(16)15(6-21-18)12(2)24-10-13-8-23-9-13/h5-7,11-13H,3-4,8-10H2,1-2H3. The molecule has 0 bridgehead atoms. The lowest BCUT2D eigenvalue weighted by molar-refractivity contribution is -0.0849. The van der Waals surface area contributed by atoms with Crippen LogP contribution in [0.4, 0.5) is 5.82 Å². The van der Waals surface area contributed by atoms with E-state index in [4.69, 9.17) is 26.1 Å². The molecule has 2 unspecified atom stereocenters. The van der Waals surface area contributed by atoms with Gasteiger partial charge in [-0.3, -0.25) is 0 Å². The van der Waals surface area contributed by atoms with Crippen LogP contribution in [0.5, 0.6) is 0 Å². The fraction of sp³-hybridized carbons (Fsp3) is 0.556. The first kappa shape index (κ1) is 16.1. The summed E-state index contributed by atoms with van der Waals surface area (Å²) in [4.78, 5) is 11.3. The van der Waals surface area contributed by atoms with Crippen LogP contribution in [0.25, 0.3) is 10.8 Å². The maximum Gasteiger partial charge on any atom is 0.138 e. The van der Waals surface area contributed by atoms with Gasteiger partial charge in [0.15, 0.2) is 0 Å². The number of aromatic nitrogens is 2. The minimum atomic E-state index is -0.0399. The van der Waals surface area contributed by atoms with Crippen LogP contribution in [-0.2, 0) is 9.47 Å². The molecule has 128 valence electrons. The Bertz CT molecular complexity index is 750. The third-order valence-electron chi connectivity index (χ3n) is 5.07. The van der Waals surface area contributed by atoms with Crippen molar-refractivity contribution in [3.8, 4) is 0 Å². The molecule has 0 aromatic carbocycles. The Balaban J connectivity index is 1.67. The van der Waals surface area contributed by atoms with Crippen molar-refractivity contribution in [2.75, 3.05) is 31.3 Å². The van der Waals surface area contributed by atoms with Gasteiger partial charge in [-0.2, -0.15) is 0 Å². The van der Waals surface area contributed by atoms with Crippen LogP contribution in [0, 0.1) is 5.92 Å². The molecule has 2 fully saturated rings. The van der Waals surface area contributed by atoms with Crippen molar-refractivity contribution >= 4 is 28.2 Å². The van der Waals surface area contributed by atoms with E-state index < -0.39 is 0 Å². The summed E-state index contributed by atoms with van der Waals surface area (Å²) in [6.07, 6.45) is 4.93. The molecule has 2 aromatic rings. The maximum atomic E-state index is 6.16. The smallest absolute Gasteiger partial charge is 0.138 e. The highest BCUT2D eigenvalue weighted by Crippen LogP contribution is 2.35. The number of halogens is 1. The average Bonchev–Trinajstić information content (AvgIpc) is 2.51. The number of hydrogen-bond donors (Lipinski definition) is 0. The zero-order chi connectivity index (χ0) is 16.7. The summed E-state index contributed by atoms with van der Waals surface area (Å²) in [5.74, 6) is 1.51. The summed E-state index contributed by atoms with van der Waals surface area (Å²) >= 11 is 6.16. The normalized spacial score (nSPS) is 22.3. The van der Waals surface area contributed by atoms with Crippen molar-refractivity contribution in [1.29, 1.82) is 0 Å². The molecule has 0 radical (unpaired) electrons. The van der Waals surface area contributed by atoms with Gasteiger partial charge in [0.25, 0.3) is 0 Å². The summed E-state index contributed by atoms with van der Waals surface area (Å²) in [5.41, 5.74) is 1.06. The molecule has 24 heavy (non-hydrogen) atoms. The zero-order valence-corrected chi connectivity index (χ0v) is 14.8. The van der Waals surface area contributed by atoms with Crippen molar-refractivity contribution in [1.82, 2.24) is 9.97 Å². The van der Waals surface area contributed by atoms with E-state index in [1.54, 1.807) is 0 Å². The van der Waals surface area contributed by atoms with E-state index in [0.717, 1.165) is 41.9 Å². The lowest BCUT2D eigenvalue weighted by Crippen LogP contribution is -2.46. The third kappa shape index (κ3) is 2.85. The van der Waals surface area contributed by atoms with E-state index in [1.807, 2.05) is 18.5 Å². The van der Waals surface area contributed by atoms with Gasteiger partial charge in [0.05, 0.1) is 25.9 Å². The Labute approximate surface area is 146 Å². The summed E-state index contributed by atoms with van der Waals surface area (Å²) in [6.45, 7) is 7.64. The fourth-order valence-electron chi connectivity index (χ4n) is 3.25. The summed E-state index contributed by atoms with van der Waals surface area (Å²) < 4.78 is 11.3. The number of nitrogens with zero attached hydrogens (tertiary/aromatic N) is 3. The van der Waals surface area contributed by atoms with E-state index >= 15 is 0 Å². The van der Waals surface area contributed by atoms with Gasteiger partial charge >= 0.3 is 0 Å². The van der Waals surface area contributed by atoms with Crippen LogP contribution in [0.2, 0.25) is 5.15 Å². The zero-order valence-electron chi connectivity index (χ0n) is 14.0. The highest BCUT2D eigenvalue weighted by molar-refractivity contribution is 6.30. The second kappa shape index (κ2) is 6.47. The number of fused-ring (bicyclic) bond motifs is 1. The number of ether oxygens (including phenoxy) is 2. The van der Waals surface area contributed by atoms with Crippen molar-refractivity contribution in [2.45, 2.75) is 32.4 Å². The minimum absolute atomic E-state index is 0.0399. The molecule has 4 rings (SSSR count). The second-order valence-corrected chi connectivity index (χ2v) is 7.19. The number of hydrogen-bond acceptors (Lipinski definition) is 5. The van der Waals surface area contributed by atoms with Gasteiger partial charge in [0.2, 0.25) is 0 Å². The largest absolute Gasteiger partial charge is 0.381 e. The molecule has 0 aliphatic carbocycles. The predicted molar refractivity (Wildman–Crippen MR) is 94.6 cm³/mol. The molecule has 5 nitrogen and oxygen atoms in total. The van der Waals surface area contributed by atoms with Crippen LogP contribution in [0.3, 0.4) is 0 Å². The highest BCUT2D eigenvalue weighted by Gasteiger charge is 2.28. The first-order chi connectivity index (χ1) is 11.6. The molecular weight excluding hydrogens is 326 g/mol. The Morgan fingerprint density at radius 3 is 2.79 bits per heavy atom. The molecule has 0 saturated carbocycles. The molecule has 0 N–H and O–H groups in total. The van der Waals surface area contributed by atoms with Gasteiger partial charge in [-0.05, 0) is 31.7 Å². The van der Waals surface area contributed by atoms with Gasteiger partial charge in [-0.25, -0.2) is 9.97 Å². The minimum Gasteiger partial charge on any atom is -0.381 e. The molecule has 2 aliphatic rings. The average molecular weight is 348 g/mol. The fourth-order valence-corrected chi connectivity index (χ4v) is 3.41. The molecule has 2 aromatic heterocycles. The lowest BCUT2D eigenvalue weighted by atomic mass is 10.0. The summed E-state index contributed by atoms with van der Waals surface area (Å²) in [7, 11) is 0. The Kier molecular flexibility index (Phi) is 4.33. The van der Waals surface area contributed by atoms with E-state index in [9.17, 15) is 0 Å². The summed E-state index contributed by atoms with van der Waals surface area (Å²) in [5, 5.41) is 2.62.